The van der Waals surface area contributed by atoms with E-state index in [1.807, 2.05) is 0 Å². The number of fused-ring (bicyclic) bond motifs is 1. The van der Waals surface area contributed by atoms with Gasteiger partial charge in [0.05, 0.1) is 5.38 Å². The Morgan fingerprint density at radius 1 is 1.05 bits per heavy atom. The molecule has 0 N–H and O–H groups in total. The van der Waals surface area contributed by atoms with Gasteiger partial charge in [-0.3, -0.25) is 0 Å². The molecule has 0 heterocycles. The molecular weight excluding hydrogens is 332 g/mol. The van der Waals surface area contributed by atoms with Crippen LogP contribution in [0.25, 0.3) is 0 Å². The summed E-state index contributed by atoms with van der Waals surface area (Å²) in [6.07, 6.45) is 2.19. The predicted octanol–water partition coefficient (Wildman–Crippen LogP) is 5.76. The quantitative estimate of drug-likeness (QED) is 0.605. The van der Waals surface area contributed by atoms with Crippen molar-refractivity contribution in [1.29, 1.82) is 0 Å². The van der Waals surface area contributed by atoms with E-state index in [4.69, 9.17) is 11.6 Å². The average Bonchev–Trinajstić information content (AvgIpc) is 2.86. The molecule has 0 amide bonds. The van der Waals surface area contributed by atoms with Crippen LogP contribution in [0.2, 0.25) is 0 Å². The molecule has 20 heavy (non-hydrogen) atoms. The Hall–Kier alpha value is -0.790. The Labute approximate surface area is 134 Å². The minimum absolute atomic E-state index is 0.0919. The fourth-order valence-electron chi connectivity index (χ4n) is 3.15. The van der Waals surface area contributed by atoms with Gasteiger partial charge in [-0.2, -0.15) is 0 Å². The summed E-state index contributed by atoms with van der Waals surface area (Å²) in [5, 5.41) is 0.0919. The Bertz CT molecular complexity index is 623. The minimum atomic E-state index is 0.0919. The maximum Gasteiger partial charge on any atom is 0.0622 e. The highest BCUT2D eigenvalue weighted by Gasteiger charge is 2.29. The first-order valence-electron chi connectivity index (χ1n) is 7.03. The van der Waals surface area contributed by atoms with Crippen LogP contribution < -0.4 is 0 Å². The summed E-state index contributed by atoms with van der Waals surface area (Å²) in [6.45, 7) is 4.27. The highest BCUT2D eigenvalue weighted by Crippen LogP contribution is 2.41. The first-order valence-corrected chi connectivity index (χ1v) is 8.26. The zero-order chi connectivity index (χ0) is 14.3. The molecule has 0 aliphatic heterocycles. The summed E-state index contributed by atoms with van der Waals surface area (Å²) in [5.41, 5.74) is 6.75. The van der Waals surface area contributed by atoms with Crippen molar-refractivity contribution in [3.8, 4) is 0 Å². The lowest BCUT2D eigenvalue weighted by molar-refractivity contribution is 0.539. The maximum absolute atomic E-state index is 6.82. The lowest BCUT2D eigenvalue weighted by Crippen LogP contribution is -2.09. The van der Waals surface area contributed by atoms with Crippen molar-refractivity contribution in [2.45, 2.75) is 32.1 Å². The summed E-state index contributed by atoms with van der Waals surface area (Å²) < 4.78 is 1.16. The van der Waals surface area contributed by atoms with Crippen molar-refractivity contribution in [2.24, 2.45) is 5.92 Å². The van der Waals surface area contributed by atoms with Gasteiger partial charge in [-0.1, -0.05) is 46.3 Å². The smallest absolute Gasteiger partial charge is 0.0622 e. The van der Waals surface area contributed by atoms with E-state index in [0.29, 0.717) is 5.92 Å². The predicted molar refractivity (Wildman–Crippen MR) is 89.6 cm³/mol. The Morgan fingerprint density at radius 3 is 2.25 bits per heavy atom. The molecule has 2 heteroatoms. The number of halogens is 2. The Morgan fingerprint density at radius 2 is 1.65 bits per heavy atom. The van der Waals surface area contributed by atoms with Crippen LogP contribution in [-0.2, 0) is 12.8 Å². The van der Waals surface area contributed by atoms with Gasteiger partial charge in [0.15, 0.2) is 0 Å². The zero-order valence-corrected chi connectivity index (χ0v) is 14.1. The molecule has 0 saturated heterocycles. The van der Waals surface area contributed by atoms with Crippen LogP contribution in [0.1, 0.15) is 33.2 Å². The topological polar surface area (TPSA) is 0 Å². The van der Waals surface area contributed by atoms with Crippen molar-refractivity contribution in [1.82, 2.24) is 0 Å². The number of benzene rings is 2. The fraction of sp³-hybridized carbons (Fsp3) is 0.333. The Kier molecular flexibility index (Phi) is 3.92. The Balaban J connectivity index is 1.88. The van der Waals surface area contributed by atoms with Gasteiger partial charge in [0.25, 0.3) is 0 Å². The molecular formula is C18H18BrCl. The van der Waals surface area contributed by atoms with Crippen molar-refractivity contribution in [3.63, 3.8) is 0 Å². The van der Waals surface area contributed by atoms with E-state index in [-0.39, 0.29) is 5.38 Å². The maximum atomic E-state index is 6.82. The minimum Gasteiger partial charge on any atom is -0.117 e. The summed E-state index contributed by atoms with van der Waals surface area (Å²) in [5.74, 6) is 0.508. The normalized spacial score (nSPS) is 16.2. The first kappa shape index (κ1) is 14.2. The number of hydrogen-bond donors (Lipinski definition) is 0. The van der Waals surface area contributed by atoms with Gasteiger partial charge in [0.2, 0.25) is 0 Å². The molecule has 1 atom stereocenters. The highest BCUT2D eigenvalue weighted by molar-refractivity contribution is 9.10. The molecule has 1 unspecified atom stereocenters. The van der Waals surface area contributed by atoms with Crippen LogP contribution in [-0.4, -0.2) is 0 Å². The van der Waals surface area contributed by atoms with Gasteiger partial charge in [0, 0.05) is 4.47 Å². The van der Waals surface area contributed by atoms with Crippen LogP contribution in [0.3, 0.4) is 0 Å². The van der Waals surface area contributed by atoms with Crippen LogP contribution in [0.15, 0.2) is 40.9 Å². The fourth-order valence-corrected chi connectivity index (χ4v) is 4.03. The van der Waals surface area contributed by atoms with Crippen LogP contribution in [0.5, 0.6) is 0 Å². The molecule has 0 aromatic heterocycles. The lowest BCUT2D eigenvalue weighted by atomic mass is 9.92. The summed E-state index contributed by atoms with van der Waals surface area (Å²) >= 11 is 10.4. The highest BCUT2D eigenvalue weighted by atomic mass is 79.9. The van der Waals surface area contributed by atoms with E-state index in [0.717, 1.165) is 17.3 Å². The van der Waals surface area contributed by atoms with E-state index in [2.05, 4.69) is 66.2 Å². The molecule has 2 aromatic rings. The van der Waals surface area contributed by atoms with E-state index < -0.39 is 0 Å². The molecule has 1 aliphatic carbocycles. The summed E-state index contributed by atoms with van der Waals surface area (Å²) in [6, 6.07) is 13.1. The lowest BCUT2D eigenvalue weighted by Gasteiger charge is -2.20. The van der Waals surface area contributed by atoms with Crippen molar-refractivity contribution in [3.05, 3.63) is 68.7 Å². The van der Waals surface area contributed by atoms with E-state index in [1.165, 1.54) is 27.8 Å². The number of alkyl halides is 1. The molecule has 0 radical (unpaired) electrons. The summed E-state index contributed by atoms with van der Waals surface area (Å²) in [4.78, 5) is 0. The third kappa shape index (κ3) is 2.54. The largest absolute Gasteiger partial charge is 0.117 e. The van der Waals surface area contributed by atoms with Gasteiger partial charge in [-0.15, -0.1) is 11.6 Å². The SMILES string of the molecule is Cc1cc(C(Cl)C2Cc3ccccc3C2)c(C)cc1Br. The third-order valence-electron chi connectivity index (χ3n) is 4.34. The number of aryl methyl sites for hydroxylation is 2. The second kappa shape index (κ2) is 5.54. The van der Waals surface area contributed by atoms with E-state index in [1.54, 1.807) is 0 Å². The molecule has 2 aromatic carbocycles. The first-order chi connectivity index (χ1) is 9.56. The molecule has 1 aliphatic rings. The molecule has 0 bridgehead atoms. The van der Waals surface area contributed by atoms with Crippen LogP contribution in [0, 0.1) is 19.8 Å². The zero-order valence-electron chi connectivity index (χ0n) is 11.8. The van der Waals surface area contributed by atoms with Gasteiger partial charge in [-0.25, -0.2) is 0 Å². The monoisotopic (exact) mass is 348 g/mol. The molecule has 0 saturated carbocycles. The van der Waals surface area contributed by atoms with Gasteiger partial charge >= 0.3 is 0 Å². The number of rotatable bonds is 2. The van der Waals surface area contributed by atoms with E-state index >= 15 is 0 Å². The van der Waals surface area contributed by atoms with Crippen LogP contribution >= 0.6 is 27.5 Å². The van der Waals surface area contributed by atoms with Crippen molar-refractivity contribution in [2.75, 3.05) is 0 Å². The summed E-state index contributed by atoms with van der Waals surface area (Å²) in [7, 11) is 0. The molecule has 0 nitrogen and oxygen atoms in total. The van der Waals surface area contributed by atoms with Crippen molar-refractivity contribution >= 4 is 27.5 Å². The number of hydrogen-bond acceptors (Lipinski definition) is 0. The van der Waals surface area contributed by atoms with E-state index in [9.17, 15) is 0 Å². The van der Waals surface area contributed by atoms with Crippen LogP contribution in [0.4, 0.5) is 0 Å². The second-order valence-corrected chi connectivity index (χ2v) is 7.12. The molecule has 3 rings (SSSR count). The van der Waals surface area contributed by atoms with Gasteiger partial charge in [-0.05, 0) is 66.5 Å². The molecule has 0 fully saturated rings. The molecule has 104 valence electrons. The average molecular weight is 350 g/mol. The van der Waals surface area contributed by atoms with Crippen molar-refractivity contribution < 1.29 is 0 Å². The van der Waals surface area contributed by atoms with Gasteiger partial charge < -0.3 is 0 Å². The third-order valence-corrected chi connectivity index (χ3v) is 5.79. The van der Waals surface area contributed by atoms with Gasteiger partial charge in [0.1, 0.15) is 0 Å². The molecule has 0 spiro atoms. The standard InChI is InChI=1S/C18H18BrCl/c1-11-8-17(19)12(2)7-16(11)18(20)15-9-13-5-3-4-6-14(13)10-15/h3-8,15,18H,9-10H2,1-2H3. The second-order valence-electron chi connectivity index (χ2n) is 5.80.